The lowest BCUT2D eigenvalue weighted by atomic mass is 9.78. The fourth-order valence-electron chi connectivity index (χ4n) is 8.53. The van der Waals surface area contributed by atoms with Crippen LogP contribution < -0.4 is 0 Å². The van der Waals surface area contributed by atoms with E-state index in [1.54, 1.807) is 0 Å². The van der Waals surface area contributed by atoms with Crippen molar-refractivity contribution in [1.29, 1.82) is 0 Å². The molecular weight excluding hydrogens is 617 g/mol. The predicted octanol–water partition coefficient (Wildman–Crippen LogP) is 12.9. The first-order valence-corrected chi connectivity index (χ1v) is 17.7. The topological polar surface area (TPSA) is 25.8 Å². The summed E-state index contributed by atoms with van der Waals surface area (Å²) in [6.45, 7) is 4.71. The molecule has 1 heterocycles. The minimum Gasteiger partial charge on any atom is -0.228 e. The highest BCUT2D eigenvalue weighted by molar-refractivity contribution is 6.19. The molecule has 1 aliphatic rings. The van der Waals surface area contributed by atoms with Gasteiger partial charge in [-0.2, -0.15) is 0 Å². The van der Waals surface area contributed by atoms with Gasteiger partial charge in [0.25, 0.3) is 0 Å². The molecule has 0 saturated carbocycles. The van der Waals surface area contributed by atoms with Crippen LogP contribution in [0.3, 0.4) is 0 Å². The SMILES string of the molecule is CC1(C)c2ccccc2-c2cccc(-c3ccccc3-c3cc(-c4ccccc4)nc(-c4c5ccccc5cc5c4ccc4ccccc45)n3)c21. The molecule has 10 rings (SSSR count). The van der Waals surface area contributed by atoms with Gasteiger partial charge in [0.1, 0.15) is 0 Å². The van der Waals surface area contributed by atoms with E-state index in [0.29, 0.717) is 0 Å². The van der Waals surface area contributed by atoms with Crippen LogP contribution in [-0.2, 0) is 5.41 Å². The standard InChI is InChI=1S/C49H34N2/c1-49(2)43-26-13-12-22-37(43)41-25-14-24-40(47(41)49)36-21-10-11-23-38(36)45-30-44(32-16-4-3-5-17-32)50-48(51-45)46-35-20-9-7-18-33(35)29-42-34-19-8-6-15-31(34)27-28-39(42)46/h3-30H,1-2H3. The highest BCUT2D eigenvalue weighted by Crippen LogP contribution is 2.53. The third-order valence-electron chi connectivity index (χ3n) is 10.9. The monoisotopic (exact) mass is 650 g/mol. The Labute approximate surface area is 297 Å². The quantitative estimate of drug-likeness (QED) is 0.140. The van der Waals surface area contributed by atoms with Gasteiger partial charge in [0.05, 0.1) is 11.4 Å². The number of aromatic nitrogens is 2. The Hall–Kier alpha value is -6.38. The highest BCUT2D eigenvalue weighted by Gasteiger charge is 2.37. The molecule has 0 spiro atoms. The zero-order valence-electron chi connectivity index (χ0n) is 28.6. The predicted molar refractivity (Wildman–Crippen MR) is 214 cm³/mol. The van der Waals surface area contributed by atoms with Gasteiger partial charge in [-0.05, 0) is 77.8 Å². The summed E-state index contributed by atoms with van der Waals surface area (Å²) in [5, 5.41) is 7.13. The van der Waals surface area contributed by atoms with Crippen molar-refractivity contribution >= 4 is 32.3 Å². The Kier molecular flexibility index (Phi) is 6.56. The number of fused-ring (bicyclic) bond motifs is 7. The zero-order valence-corrected chi connectivity index (χ0v) is 28.6. The first kappa shape index (κ1) is 29.5. The summed E-state index contributed by atoms with van der Waals surface area (Å²) < 4.78 is 0. The lowest BCUT2D eigenvalue weighted by Crippen LogP contribution is -2.16. The summed E-state index contributed by atoms with van der Waals surface area (Å²) in [6.07, 6.45) is 0. The summed E-state index contributed by atoms with van der Waals surface area (Å²) in [4.78, 5) is 10.9. The van der Waals surface area contributed by atoms with E-state index in [1.807, 2.05) is 0 Å². The molecule has 0 radical (unpaired) electrons. The average molecular weight is 651 g/mol. The highest BCUT2D eigenvalue weighted by atomic mass is 14.9. The molecule has 9 aromatic rings. The van der Waals surface area contributed by atoms with Gasteiger partial charge >= 0.3 is 0 Å². The first-order valence-electron chi connectivity index (χ1n) is 17.7. The molecule has 1 aliphatic carbocycles. The Morgan fingerprint density at radius 2 is 1.00 bits per heavy atom. The van der Waals surface area contributed by atoms with Crippen LogP contribution in [0.4, 0.5) is 0 Å². The van der Waals surface area contributed by atoms with Crippen molar-refractivity contribution in [1.82, 2.24) is 9.97 Å². The maximum atomic E-state index is 5.52. The lowest BCUT2D eigenvalue weighted by Gasteiger charge is -2.25. The van der Waals surface area contributed by atoms with E-state index < -0.39 is 0 Å². The number of nitrogens with zero attached hydrogens (tertiary/aromatic N) is 2. The van der Waals surface area contributed by atoms with Crippen LogP contribution >= 0.6 is 0 Å². The molecule has 0 saturated heterocycles. The number of rotatable bonds is 4. The number of hydrogen-bond acceptors (Lipinski definition) is 2. The van der Waals surface area contributed by atoms with E-state index >= 15 is 0 Å². The van der Waals surface area contributed by atoms with Gasteiger partial charge in [0, 0.05) is 22.1 Å². The summed E-state index contributed by atoms with van der Waals surface area (Å²) in [5.74, 6) is 0.726. The molecule has 2 nitrogen and oxygen atoms in total. The lowest BCUT2D eigenvalue weighted by molar-refractivity contribution is 0.662. The van der Waals surface area contributed by atoms with Crippen molar-refractivity contribution in [2.24, 2.45) is 0 Å². The van der Waals surface area contributed by atoms with Crippen LogP contribution in [0, 0.1) is 0 Å². The molecule has 0 amide bonds. The van der Waals surface area contributed by atoms with Gasteiger partial charge in [0.15, 0.2) is 5.82 Å². The molecule has 1 aromatic heterocycles. The van der Waals surface area contributed by atoms with E-state index in [-0.39, 0.29) is 5.41 Å². The molecule has 51 heavy (non-hydrogen) atoms. The fourth-order valence-corrected chi connectivity index (χ4v) is 8.53. The molecule has 0 unspecified atom stereocenters. The van der Waals surface area contributed by atoms with E-state index in [9.17, 15) is 0 Å². The van der Waals surface area contributed by atoms with Crippen molar-refractivity contribution in [3.63, 3.8) is 0 Å². The van der Waals surface area contributed by atoms with Gasteiger partial charge in [0.2, 0.25) is 0 Å². The van der Waals surface area contributed by atoms with Crippen LogP contribution in [0.15, 0.2) is 170 Å². The summed E-state index contributed by atoms with van der Waals surface area (Å²) in [7, 11) is 0. The minimum atomic E-state index is -0.147. The number of hydrogen-bond donors (Lipinski definition) is 0. The molecule has 2 heteroatoms. The molecule has 0 aliphatic heterocycles. The largest absolute Gasteiger partial charge is 0.228 e. The molecule has 0 N–H and O–H groups in total. The van der Waals surface area contributed by atoms with Gasteiger partial charge < -0.3 is 0 Å². The molecule has 0 bridgehead atoms. The van der Waals surface area contributed by atoms with E-state index in [4.69, 9.17) is 9.97 Å². The van der Waals surface area contributed by atoms with Gasteiger partial charge in [-0.3, -0.25) is 0 Å². The van der Waals surface area contributed by atoms with Crippen molar-refractivity contribution < 1.29 is 0 Å². The van der Waals surface area contributed by atoms with Crippen LogP contribution in [0.2, 0.25) is 0 Å². The van der Waals surface area contributed by atoms with E-state index in [0.717, 1.165) is 44.7 Å². The molecular formula is C49H34N2. The molecule has 0 fully saturated rings. The fraction of sp³-hybridized carbons (Fsp3) is 0.0612. The summed E-state index contributed by atoms with van der Waals surface area (Å²) in [6, 6.07) is 61.1. The van der Waals surface area contributed by atoms with Crippen LogP contribution in [-0.4, -0.2) is 9.97 Å². The summed E-state index contributed by atoms with van der Waals surface area (Å²) >= 11 is 0. The number of benzene rings is 8. The second-order valence-corrected chi connectivity index (χ2v) is 14.1. The van der Waals surface area contributed by atoms with Crippen molar-refractivity contribution in [3.8, 4) is 56.2 Å². The maximum Gasteiger partial charge on any atom is 0.161 e. The third-order valence-corrected chi connectivity index (χ3v) is 10.9. The minimum absolute atomic E-state index is 0.147. The van der Waals surface area contributed by atoms with Crippen molar-refractivity contribution in [2.45, 2.75) is 19.3 Å². The van der Waals surface area contributed by atoms with Crippen LogP contribution in [0.1, 0.15) is 25.0 Å². The van der Waals surface area contributed by atoms with Crippen molar-refractivity contribution in [2.75, 3.05) is 0 Å². The Balaban J connectivity index is 1.27. The second kappa shape index (κ2) is 11.3. The Morgan fingerprint density at radius 3 is 1.82 bits per heavy atom. The molecule has 8 aromatic carbocycles. The Bertz CT molecular complexity index is 2830. The smallest absolute Gasteiger partial charge is 0.161 e. The molecule has 0 atom stereocenters. The van der Waals surface area contributed by atoms with Crippen molar-refractivity contribution in [3.05, 3.63) is 181 Å². The van der Waals surface area contributed by atoms with Gasteiger partial charge in [-0.15, -0.1) is 0 Å². The maximum absolute atomic E-state index is 5.52. The zero-order chi connectivity index (χ0) is 34.1. The Morgan fingerprint density at radius 1 is 0.392 bits per heavy atom. The van der Waals surface area contributed by atoms with Gasteiger partial charge in [-0.25, -0.2) is 9.97 Å². The van der Waals surface area contributed by atoms with Gasteiger partial charge in [-0.1, -0.05) is 172 Å². The third kappa shape index (κ3) is 4.57. The van der Waals surface area contributed by atoms with E-state index in [1.165, 1.54) is 54.9 Å². The first-order chi connectivity index (χ1) is 25.1. The second-order valence-electron chi connectivity index (χ2n) is 14.1. The summed E-state index contributed by atoms with van der Waals surface area (Å²) in [5.41, 5.74) is 12.7. The average Bonchev–Trinajstić information content (AvgIpc) is 3.43. The van der Waals surface area contributed by atoms with E-state index in [2.05, 4.69) is 184 Å². The van der Waals surface area contributed by atoms with Crippen LogP contribution in [0.5, 0.6) is 0 Å². The molecule has 240 valence electrons. The van der Waals surface area contributed by atoms with Crippen LogP contribution in [0.25, 0.3) is 88.5 Å². The normalized spacial score (nSPS) is 13.1.